The van der Waals surface area contributed by atoms with E-state index in [1.165, 1.54) is 4.88 Å². The predicted octanol–water partition coefficient (Wildman–Crippen LogP) is 2.74. The zero-order valence-electron chi connectivity index (χ0n) is 10.6. The van der Waals surface area contributed by atoms with Gasteiger partial charge in [-0.25, -0.2) is 0 Å². The van der Waals surface area contributed by atoms with Gasteiger partial charge in [0.2, 0.25) is 0 Å². The fourth-order valence-corrected chi connectivity index (χ4v) is 2.92. The number of rotatable bonds is 7. The summed E-state index contributed by atoms with van der Waals surface area (Å²) in [6.07, 6.45) is 2.57. The summed E-state index contributed by atoms with van der Waals surface area (Å²) in [5.41, 5.74) is 1.02. The van der Waals surface area contributed by atoms with Gasteiger partial charge in [-0.05, 0) is 36.6 Å². The van der Waals surface area contributed by atoms with Gasteiger partial charge in [0.1, 0.15) is 0 Å². The summed E-state index contributed by atoms with van der Waals surface area (Å²) in [7, 11) is 0. The van der Waals surface area contributed by atoms with E-state index in [0.29, 0.717) is 0 Å². The fourth-order valence-electron chi connectivity index (χ4n) is 1.86. The summed E-state index contributed by atoms with van der Waals surface area (Å²) < 4.78 is 0.809. The number of hydrogen-bond acceptors (Lipinski definition) is 4. The number of thiophene rings is 1. The molecule has 0 amide bonds. The van der Waals surface area contributed by atoms with E-state index >= 15 is 0 Å². The number of halogens is 1. The number of nitrogens with one attached hydrogen (secondary N) is 1. The Hall–Kier alpha value is -0.940. The Bertz CT molecular complexity index is 489. The summed E-state index contributed by atoms with van der Waals surface area (Å²) in [5, 5.41) is 12.8. The fraction of sp³-hybridized carbons (Fsp3) is 0.357. The molecule has 2 aromatic heterocycles. The number of nitrogens with zero attached hydrogens (tertiary/aromatic N) is 1. The summed E-state index contributed by atoms with van der Waals surface area (Å²) >= 11 is 7.46. The van der Waals surface area contributed by atoms with Crippen molar-refractivity contribution < 1.29 is 5.11 Å². The monoisotopic (exact) mass is 296 g/mol. The van der Waals surface area contributed by atoms with Gasteiger partial charge >= 0.3 is 0 Å². The van der Waals surface area contributed by atoms with E-state index in [9.17, 15) is 5.11 Å². The molecule has 0 aromatic carbocycles. The predicted molar refractivity (Wildman–Crippen MR) is 79.6 cm³/mol. The van der Waals surface area contributed by atoms with E-state index in [1.54, 1.807) is 17.5 Å². The average molecular weight is 297 g/mol. The zero-order chi connectivity index (χ0) is 13.5. The first-order valence-corrected chi connectivity index (χ1v) is 7.43. The van der Waals surface area contributed by atoms with Crippen molar-refractivity contribution in [2.24, 2.45) is 5.92 Å². The van der Waals surface area contributed by atoms with Crippen molar-refractivity contribution in [2.75, 3.05) is 13.2 Å². The molecule has 0 aliphatic heterocycles. The molecule has 0 saturated carbocycles. The second kappa shape index (κ2) is 7.60. The molecule has 0 fully saturated rings. The van der Waals surface area contributed by atoms with E-state index < -0.39 is 0 Å². The largest absolute Gasteiger partial charge is 0.396 e. The minimum atomic E-state index is 0.161. The van der Waals surface area contributed by atoms with Crippen LogP contribution in [0.3, 0.4) is 0 Å². The Morgan fingerprint density at radius 3 is 2.84 bits per heavy atom. The normalized spacial score (nSPS) is 12.5. The molecular formula is C14H17ClN2OS. The molecule has 0 aliphatic rings. The molecule has 5 heteroatoms. The van der Waals surface area contributed by atoms with Crippen LogP contribution in [0.25, 0.3) is 0 Å². The molecule has 0 aliphatic carbocycles. The van der Waals surface area contributed by atoms with Gasteiger partial charge in [0.25, 0.3) is 0 Å². The molecule has 1 atom stereocenters. The lowest BCUT2D eigenvalue weighted by molar-refractivity contribution is 0.221. The Morgan fingerprint density at radius 2 is 2.21 bits per heavy atom. The highest BCUT2D eigenvalue weighted by atomic mass is 35.5. The van der Waals surface area contributed by atoms with Crippen LogP contribution in [0.15, 0.2) is 36.5 Å². The highest BCUT2D eigenvalue weighted by molar-refractivity contribution is 7.16. The Labute approximate surface area is 122 Å². The highest BCUT2D eigenvalue weighted by Gasteiger charge is 2.09. The van der Waals surface area contributed by atoms with Gasteiger partial charge in [0.05, 0.1) is 4.34 Å². The van der Waals surface area contributed by atoms with Crippen LogP contribution in [0, 0.1) is 5.92 Å². The van der Waals surface area contributed by atoms with Crippen molar-refractivity contribution in [3.63, 3.8) is 0 Å². The maximum atomic E-state index is 9.40. The standard InChI is InChI=1S/C14H17ClN2OS/c15-14-5-4-13(19-14)9-16-8-11(10-18)7-12-3-1-2-6-17-12/h1-6,11,16,18H,7-10H2. The van der Waals surface area contributed by atoms with Gasteiger partial charge in [-0.15, -0.1) is 11.3 Å². The molecular weight excluding hydrogens is 280 g/mol. The number of aliphatic hydroxyl groups is 1. The van der Waals surface area contributed by atoms with Gasteiger partial charge in [-0.1, -0.05) is 17.7 Å². The summed E-state index contributed by atoms with van der Waals surface area (Å²) in [6.45, 7) is 1.72. The van der Waals surface area contributed by atoms with E-state index in [2.05, 4.69) is 10.3 Å². The van der Waals surface area contributed by atoms with E-state index in [-0.39, 0.29) is 12.5 Å². The van der Waals surface area contributed by atoms with Crippen molar-refractivity contribution in [2.45, 2.75) is 13.0 Å². The number of pyridine rings is 1. The van der Waals surface area contributed by atoms with Crippen molar-refractivity contribution in [3.8, 4) is 0 Å². The minimum absolute atomic E-state index is 0.161. The van der Waals surface area contributed by atoms with Gasteiger partial charge in [-0.3, -0.25) is 4.98 Å². The van der Waals surface area contributed by atoms with Crippen LogP contribution in [-0.4, -0.2) is 23.2 Å². The molecule has 0 bridgehead atoms. The smallest absolute Gasteiger partial charge is 0.0931 e. The van der Waals surface area contributed by atoms with Crippen molar-refractivity contribution in [1.82, 2.24) is 10.3 Å². The van der Waals surface area contributed by atoms with Gasteiger partial charge in [0.15, 0.2) is 0 Å². The molecule has 2 heterocycles. The molecule has 3 nitrogen and oxygen atoms in total. The van der Waals surface area contributed by atoms with Crippen LogP contribution in [0.1, 0.15) is 10.6 Å². The SMILES string of the molecule is OCC(CNCc1ccc(Cl)s1)Cc1ccccn1. The molecule has 0 radical (unpaired) electrons. The maximum absolute atomic E-state index is 9.40. The Kier molecular flexibility index (Phi) is 5.79. The van der Waals surface area contributed by atoms with Crippen LogP contribution in [0.2, 0.25) is 4.34 Å². The molecule has 0 spiro atoms. The number of aliphatic hydroxyl groups excluding tert-OH is 1. The lowest BCUT2D eigenvalue weighted by Gasteiger charge is -2.14. The molecule has 19 heavy (non-hydrogen) atoms. The second-order valence-electron chi connectivity index (χ2n) is 4.41. The first-order valence-electron chi connectivity index (χ1n) is 6.23. The van der Waals surface area contributed by atoms with Crippen LogP contribution in [0.4, 0.5) is 0 Å². The third-order valence-corrected chi connectivity index (χ3v) is 4.07. The van der Waals surface area contributed by atoms with Crippen LogP contribution >= 0.6 is 22.9 Å². The zero-order valence-corrected chi connectivity index (χ0v) is 12.1. The molecule has 0 saturated heterocycles. The lowest BCUT2D eigenvalue weighted by atomic mass is 10.0. The van der Waals surface area contributed by atoms with Crippen molar-refractivity contribution >= 4 is 22.9 Å². The quantitative estimate of drug-likeness (QED) is 0.826. The van der Waals surface area contributed by atoms with Crippen LogP contribution < -0.4 is 5.32 Å². The topological polar surface area (TPSA) is 45.1 Å². The van der Waals surface area contributed by atoms with Crippen LogP contribution in [-0.2, 0) is 13.0 Å². The number of aromatic nitrogens is 1. The molecule has 2 aromatic rings. The van der Waals surface area contributed by atoms with Gasteiger partial charge in [0, 0.05) is 36.5 Å². The summed E-state index contributed by atoms with van der Waals surface area (Å²) in [5.74, 6) is 0.185. The van der Waals surface area contributed by atoms with E-state index in [1.807, 2.05) is 30.3 Å². The van der Waals surface area contributed by atoms with E-state index in [4.69, 9.17) is 11.6 Å². The minimum Gasteiger partial charge on any atom is -0.396 e. The maximum Gasteiger partial charge on any atom is 0.0931 e. The molecule has 1 unspecified atom stereocenters. The Balaban J connectivity index is 1.76. The number of hydrogen-bond donors (Lipinski definition) is 2. The molecule has 2 N–H and O–H groups in total. The average Bonchev–Trinajstić information content (AvgIpc) is 2.84. The second-order valence-corrected chi connectivity index (χ2v) is 6.21. The van der Waals surface area contributed by atoms with Gasteiger partial charge in [-0.2, -0.15) is 0 Å². The van der Waals surface area contributed by atoms with Crippen molar-refractivity contribution in [3.05, 3.63) is 51.4 Å². The van der Waals surface area contributed by atoms with Crippen molar-refractivity contribution in [1.29, 1.82) is 0 Å². The summed E-state index contributed by atoms with van der Waals surface area (Å²) in [6, 6.07) is 9.78. The molecule has 102 valence electrons. The summed E-state index contributed by atoms with van der Waals surface area (Å²) in [4.78, 5) is 5.49. The third kappa shape index (κ3) is 4.91. The first kappa shape index (κ1) is 14.5. The van der Waals surface area contributed by atoms with Crippen LogP contribution in [0.5, 0.6) is 0 Å². The first-order chi connectivity index (χ1) is 9.28. The van der Waals surface area contributed by atoms with Gasteiger partial charge < -0.3 is 10.4 Å². The lowest BCUT2D eigenvalue weighted by Crippen LogP contribution is -2.26. The third-order valence-electron chi connectivity index (χ3n) is 2.84. The van der Waals surface area contributed by atoms with E-state index in [0.717, 1.165) is 29.5 Å². The Morgan fingerprint density at radius 1 is 1.32 bits per heavy atom. The molecule has 2 rings (SSSR count). The highest BCUT2D eigenvalue weighted by Crippen LogP contribution is 2.21.